The van der Waals surface area contributed by atoms with Gasteiger partial charge >= 0.3 is 6.18 Å². The average Bonchev–Trinajstić information content (AvgIpc) is 2.15. The lowest BCUT2D eigenvalue weighted by Gasteiger charge is -2.18. The van der Waals surface area contributed by atoms with E-state index in [0.717, 1.165) is 6.42 Å². The van der Waals surface area contributed by atoms with Gasteiger partial charge < -0.3 is 4.74 Å². The summed E-state index contributed by atoms with van der Waals surface area (Å²) in [7, 11) is 1.30. The van der Waals surface area contributed by atoms with E-state index in [1.165, 1.54) is 7.11 Å². The standard InChI is InChI=1S/C9H11F3O2/c1-14-7-5-3-2-4-6(7)8(13)9(10,11)12/h2-5H2,1H3. The van der Waals surface area contributed by atoms with Crippen LogP contribution in [0, 0.1) is 0 Å². The third-order valence-electron chi connectivity index (χ3n) is 2.20. The van der Waals surface area contributed by atoms with Gasteiger partial charge in [0, 0.05) is 12.0 Å². The van der Waals surface area contributed by atoms with E-state index < -0.39 is 12.0 Å². The molecule has 1 rings (SSSR count). The highest BCUT2D eigenvalue weighted by molar-refractivity contribution is 6.00. The fraction of sp³-hybridized carbons (Fsp3) is 0.667. The summed E-state index contributed by atoms with van der Waals surface area (Å²) >= 11 is 0. The minimum absolute atomic E-state index is 0.168. The SMILES string of the molecule is COC1=C(C(=O)C(F)(F)F)CCCC1. The number of carbonyl (C=O) groups excluding carboxylic acids is 1. The van der Waals surface area contributed by atoms with E-state index >= 15 is 0 Å². The van der Waals surface area contributed by atoms with Crippen LogP contribution in [-0.4, -0.2) is 19.1 Å². The summed E-state index contributed by atoms with van der Waals surface area (Å²) < 4.78 is 41.1. The molecule has 0 aromatic carbocycles. The Labute approximate surface area is 79.7 Å². The number of allylic oxidation sites excluding steroid dienone is 2. The van der Waals surface area contributed by atoms with Crippen LogP contribution in [0.1, 0.15) is 25.7 Å². The summed E-state index contributed by atoms with van der Waals surface area (Å²) in [6.07, 6.45) is -2.80. The lowest BCUT2D eigenvalue weighted by Crippen LogP contribution is -2.26. The van der Waals surface area contributed by atoms with Crippen molar-refractivity contribution in [3.8, 4) is 0 Å². The highest BCUT2D eigenvalue weighted by Crippen LogP contribution is 2.31. The molecule has 0 aromatic rings. The maximum absolute atomic E-state index is 12.1. The molecule has 0 amide bonds. The molecule has 0 aliphatic heterocycles. The molecule has 1 aliphatic rings. The van der Waals surface area contributed by atoms with Crippen molar-refractivity contribution < 1.29 is 22.7 Å². The Morgan fingerprint density at radius 1 is 1.29 bits per heavy atom. The van der Waals surface area contributed by atoms with E-state index in [0.29, 0.717) is 12.8 Å². The van der Waals surface area contributed by atoms with Crippen LogP contribution in [-0.2, 0) is 9.53 Å². The van der Waals surface area contributed by atoms with Crippen molar-refractivity contribution >= 4 is 5.78 Å². The Balaban J connectivity index is 2.93. The van der Waals surface area contributed by atoms with E-state index in [1.807, 2.05) is 0 Å². The molecule has 0 unspecified atom stereocenters. The predicted molar refractivity (Wildman–Crippen MR) is 43.6 cm³/mol. The Bertz CT molecular complexity index is 266. The molecule has 0 radical (unpaired) electrons. The number of hydrogen-bond donors (Lipinski definition) is 0. The van der Waals surface area contributed by atoms with E-state index in [1.54, 1.807) is 0 Å². The number of methoxy groups -OCH3 is 1. The first kappa shape index (κ1) is 11.1. The minimum atomic E-state index is -4.78. The van der Waals surface area contributed by atoms with Crippen LogP contribution in [0.5, 0.6) is 0 Å². The Kier molecular flexibility index (Phi) is 3.18. The van der Waals surface area contributed by atoms with Gasteiger partial charge in [0.2, 0.25) is 0 Å². The Morgan fingerprint density at radius 2 is 1.86 bits per heavy atom. The molecule has 0 saturated carbocycles. The largest absolute Gasteiger partial charge is 0.501 e. The van der Waals surface area contributed by atoms with Crippen molar-refractivity contribution in [2.75, 3.05) is 7.11 Å². The molecule has 5 heteroatoms. The molecule has 0 saturated heterocycles. The number of ether oxygens (including phenoxy) is 1. The van der Waals surface area contributed by atoms with Gasteiger partial charge in [0.15, 0.2) is 0 Å². The van der Waals surface area contributed by atoms with Gasteiger partial charge in [0.25, 0.3) is 5.78 Å². The number of rotatable bonds is 2. The van der Waals surface area contributed by atoms with E-state index in [4.69, 9.17) is 4.74 Å². The Morgan fingerprint density at radius 3 is 2.36 bits per heavy atom. The van der Waals surface area contributed by atoms with Crippen molar-refractivity contribution in [2.45, 2.75) is 31.9 Å². The minimum Gasteiger partial charge on any atom is -0.501 e. The molecule has 0 aromatic heterocycles. The number of hydrogen-bond acceptors (Lipinski definition) is 2. The molecule has 14 heavy (non-hydrogen) atoms. The number of ketones is 1. The zero-order valence-electron chi connectivity index (χ0n) is 7.78. The first-order valence-corrected chi connectivity index (χ1v) is 4.34. The quantitative estimate of drug-likeness (QED) is 0.697. The molecule has 0 fully saturated rings. The van der Waals surface area contributed by atoms with Crippen LogP contribution >= 0.6 is 0 Å². The van der Waals surface area contributed by atoms with Crippen LogP contribution in [0.3, 0.4) is 0 Å². The zero-order chi connectivity index (χ0) is 10.8. The van der Waals surface area contributed by atoms with Crippen LogP contribution in [0.2, 0.25) is 0 Å². The number of alkyl halides is 3. The normalized spacial score (nSPS) is 18.3. The van der Waals surface area contributed by atoms with Crippen LogP contribution in [0.4, 0.5) is 13.2 Å². The van der Waals surface area contributed by atoms with Crippen molar-refractivity contribution in [1.29, 1.82) is 0 Å². The molecule has 0 bridgehead atoms. The van der Waals surface area contributed by atoms with Gasteiger partial charge in [-0.25, -0.2) is 0 Å². The van der Waals surface area contributed by atoms with Crippen LogP contribution in [0.25, 0.3) is 0 Å². The summed E-state index contributed by atoms with van der Waals surface area (Å²) in [6, 6.07) is 0. The molecule has 80 valence electrons. The Hall–Kier alpha value is -1.00. The molecular weight excluding hydrogens is 197 g/mol. The highest BCUT2D eigenvalue weighted by Gasteiger charge is 2.42. The molecule has 0 spiro atoms. The molecular formula is C9H11F3O2. The second kappa shape index (κ2) is 4.02. The second-order valence-electron chi connectivity index (χ2n) is 3.14. The van der Waals surface area contributed by atoms with Gasteiger partial charge in [0.05, 0.1) is 7.11 Å². The van der Waals surface area contributed by atoms with Gasteiger partial charge in [0.1, 0.15) is 5.76 Å². The summed E-state index contributed by atoms with van der Waals surface area (Å²) in [4.78, 5) is 10.9. The van der Waals surface area contributed by atoms with Crippen molar-refractivity contribution in [3.05, 3.63) is 11.3 Å². The van der Waals surface area contributed by atoms with Gasteiger partial charge in [-0.2, -0.15) is 13.2 Å². The second-order valence-corrected chi connectivity index (χ2v) is 3.14. The number of halogens is 3. The summed E-state index contributed by atoms with van der Waals surface area (Å²) in [5.41, 5.74) is -0.203. The van der Waals surface area contributed by atoms with Crippen molar-refractivity contribution in [3.63, 3.8) is 0 Å². The maximum atomic E-state index is 12.1. The third-order valence-corrected chi connectivity index (χ3v) is 2.20. The average molecular weight is 208 g/mol. The molecule has 0 heterocycles. The van der Waals surface area contributed by atoms with Gasteiger partial charge in [-0.1, -0.05) is 0 Å². The molecule has 1 aliphatic carbocycles. The number of carbonyl (C=O) groups is 1. The van der Waals surface area contributed by atoms with Gasteiger partial charge in [-0.15, -0.1) is 0 Å². The highest BCUT2D eigenvalue weighted by atomic mass is 19.4. The zero-order valence-corrected chi connectivity index (χ0v) is 7.78. The predicted octanol–water partition coefficient (Wildman–Crippen LogP) is 2.59. The first-order chi connectivity index (χ1) is 6.46. The lowest BCUT2D eigenvalue weighted by molar-refractivity contribution is -0.167. The smallest absolute Gasteiger partial charge is 0.454 e. The van der Waals surface area contributed by atoms with E-state index in [9.17, 15) is 18.0 Å². The van der Waals surface area contributed by atoms with Crippen molar-refractivity contribution in [1.82, 2.24) is 0 Å². The molecule has 2 nitrogen and oxygen atoms in total. The monoisotopic (exact) mass is 208 g/mol. The first-order valence-electron chi connectivity index (χ1n) is 4.34. The van der Waals surface area contributed by atoms with Crippen LogP contribution < -0.4 is 0 Å². The summed E-state index contributed by atoms with van der Waals surface area (Å²) in [6.45, 7) is 0. The lowest BCUT2D eigenvalue weighted by atomic mass is 9.94. The number of Topliss-reactive ketones (excluding diaryl/α,β-unsaturated/α-hetero) is 1. The summed E-state index contributed by atoms with van der Waals surface area (Å²) in [5.74, 6) is -1.56. The van der Waals surface area contributed by atoms with Gasteiger partial charge in [-0.3, -0.25) is 4.79 Å². The fourth-order valence-electron chi connectivity index (χ4n) is 1.51. The topological polar surface area (TPSA) is 26.3 Å². The summed E-state index contributed by atoms with van der Waals surface area (Å²) in [5, 5.41) is 0. The third kappa shape index (κ3) is 2.27. The molecule has 0 atom stereocenters. The van der Waals surface area contributed by atoms with Gasteiger partial charge in [-0.05, 0) is 19.3 Å². The van der Waals surface area contributed by atoms with E-state index in [2.05, 4.69) is 0 Å². The van der Waals surface area contributed by atoms with Crippen LogP contribution in [0.15, 0.2) is 11.3 Å². The molecule has 0 N–H and O–H groups in total. The van der Waals surface area contributed by atoms with Crippen molar-refractivity contribution in [2.24, 2.45) is 0 Å². The maximum Gasteiger partial charge on any atom is 0.454 e. The van der Waals surface area contributed by atoms with E-state index in [-0.39, 0.29) is 17.8 Å². The fourth-order valence-corrected chi connectivity index (χ4v) is 1.51.